The van der Waals surface area contributed by atoms with Crippen molar-refractivity contribution in [1.29, 1.82) is 0 Å². The third kappa shape index (κ3) is 2.47. The Balaban J connectivity index is 1.89. The van der Waals surface area contributed by atoms with Crippen molar-refractivity contribution in [1.82, 2.24) is 15.2 Å². The first kappa shape index (κ1) is 12.6. The average Bonchev–Trinajstić information content (AvgIpc) is 2.70. The maximum atomic E-state index is 12.4. The Bertz CT molecular complexity index is 669. The van der Waals surface area contributed by atoms with E-state index in [4.69, 9.17) is 0 Å². The average molecular weight is 269 g/mol. The number of pyridine rings is 1. The van der Waals surface area contributed by atoms with Crippen LogP contribution in [-0.4, -0.2) is 41.3 Å². The van der Waals surface area contributed by atoms with Gasteiger partial charge in [-0.1, -0.05) is 24.3 Å². The number of para-hydroxylation sites is 1. The molecule has 2 amide bonds. The van der Waals surface area contributed by atoms with Crippen LogP contribution < -0.4 is 5.32 Å². The number of carbonyl (C=O) groups is 2. The molecule has 102 valence electrons. The van der Waals surface area contributed by atoms with Gasteiger partial charge in [-0.15, -0.1) is 0 Å². The molecule has 1 fully saturated rings. The molecule has 20 heavy (non-hydrogen) atoms. The number of fused-ring (bicyclic) bond motifs is 1. The van der Waals surface area contributed by atoms with Crippen molar-refractivity contribution in [3.05, 3.63) is 42.1 Å². The molecule has 0 radical (unpaired) electrons. The number of rotatable bonds is 1. The van der Waals surface area contributed by atoms with Crippen molar-refractivity contribution in [2.75, 3.05) is 19.6 Å². The molecule has 1 aliphatic rings. The van der Waals surface area contributed by atoms with Crippen LogP contribution in [0.3, 0.4) is 0 Å². The van der Waals surface area contributed by atoms with Gasteiger partial charge in [-0.05, 0) is 18.6 Å². The van der Waals surface area contributed by atoms with Gasteiger partial charge in [0, 0.05) is 18.5 Å². The first-order valence-electron chi connectivity index (χ1n) is 6.66. The van der Waals surface area contributed by atoms with Crippen LogP contribution in [0.1, 0.15) is 16.9 Å². The van der Waals surface area contributed by atoms with Gasteiger partial charge >= 0.3 is 0 Å². The number of hydrogen-bond acceptors (Lipinski definition) is 3. The Morgan fingerprint density at radius 3 is 2.95 bits per heavy atom. The first-order chi connectivity index (χ1) is 9.74. The van der Waals surface area contributed by atoms with Crippen LogP contribution in [0.5, 0.6) is 0 Å². The molecule has 1 aromatic heterocycles. The molecule has 2 aromatic rings. The van der Waals surface area contributed by atoms with Gasteiger partial charge in [0.1, 0.15) is 5.69 Å². The second-order valence-corrected chi connectivity index (χ2v) is 4.82. The van der Waals surface area contributed by atoms with Crippen LogP contribution in [0.2, 0.25) is 0 Å². The van der Waals surface area contributed by atoms with Gasteiger partial charge in [-0.2, -0.15) is 0 Å². The quantitative estimate of drug-likeness (QED) is 0.846. The van der Waals surface area contributed by atoms with Crippen molar-refractivity contribution < 1.29 is 9.59 Å². The van der Waals surface area contributed by atoms with Gasteiger partial charge in [0.15, 0.2) is 0 Å². The maximum absolute atomic E-state index is 12.4. The van der Waals surface area contributed by atoms with Crippen LogP contribution in [0.25, 0.3) is 10.9 Å². The second-order valence-electron chi connectivity index (χ2n) is 4.82. The predicted octanol–water partition coefficient (Wildman–Crippen LogP) is 1.20. The van der Waals surface area contributed by atoms with Gasteiger partial charge in [0.25, 0.3) is 5.91 Å². The van der Waals surface area contributed by atoms with E-state index in [1.54, 1.807) is 11.0 Å². The lowest BCUT2D eigenvalue weighted by atomic mass is 10.2. The fourth-order valence-electron chi connectivity index (χ4n) is 2.33. The highest BCUT2D eigenvalue weighted by Gasteiger charge is 2.21. The lowest BCUT2D eigenvalue weighted by Gasteiger charge is -2.18. The van der Waals surface area contributed by atoms with Crippen molar-refractivity contribution in [3.63, 3.8) is 0 Å². The minimum absolute atomic E-state index is 0.105. The summed E-state index contributed by atoms with van der Waals surface area (Å²) in [4.78, 5) is 29.9. The first-order valence-corrected chi connectivity index (χ1v) is 6.66. The molecule has 1 N–H and O–H groups in total. The minimum Gasteiger partial charge on any atom is -0.354 e. The standard InChI is InChI=1S/C15H15N3O2/c19-14-10-18(9-3-8-16-14)15(20)13-7-6-11-4-1-2-5-12(11)17-13/h1-2,4-7H,3,8-10H2,(H,16,19). The Morgan fingerprint density at radius 1 is 1.20 bits per heavy atom. The van der Waals surface area contributed by atoms with E-state index in [-0.39, 0.29) is 18.4 Å². The third-order valence-electron chi connectivity index (χ3n) is 3.37. The molecule has 0 unspecified atom stereocenters. The monoisotopic (exact) mass is 269 g/mol. The minimum atomic E-state index is -0.187. The zero-order valence-electron chi connectivity index (χ0n) is 11.0. The number of aromatic nitrogens is 1. The number of carbonyl (C=O) groups excluding carboxylic acids is 2. The summed E-state index contributed by atoms with van der Waals surface area (Å²) >= 11 is 0. The number of nitrogens with zero attached hydrogens (tertiary/aromatic N) is 2. The molecule has 0 bridgehead atoms. The Morgan fingerprint density at radius 2 is 2.05 bits per heavy atom. The van der Waals surface area contributed by atoms with E-state index < -0.39 is 0 Å². The highest BCUT2D eigenvalue weighted by Crippen LogP contribution is 2.13. The van der Waals surface area contributed by atoms with Gasteiger partial charge in [-0.3, -0.25) is 9.59 Å². The smallest absolute Gasteiger partial charge is 0.272 e. The van der Waals surface area contributed by atoms with Crippen LogP contribution in [0.4, 0.5) is 0 Å². The number of amides is 2. The van der Waals surface area contributed by atoms with Crippen LogP contribution >= 0.6 is 0 Å². The highest BCUT2D eigenvalue weighted by atomic mass is 16.2. The van der Waals surface area contributed by atoms with Crippen LogP contribution in [0, 0.1) is 0 Å². The van der Waals surface area contributed by atoms with E-state index in [9.17, 15) is 9.59 Å². The van der Waals surface area contributed by atoms with E-state index in [0.717, 1.165) is 17.3 Å². The maximum Gasteiger partial charge on any atom is 0.272 e. The Hall–Kier alpha value is -2.43. The van der Waals surface area contributed by atoms with E-state index >= 15 is 0 Å². The van der Waals surface area contributed by atoms with Crippen molar-refractivity contribution in [2.24, 2.45) is 0 Å². The molecular weight excluding hydrogens is 254 g/mol. The molecule has 0 spiro atoms. The molecule has 5 nitrogen and oxygen atoms in total. The van der Waals surface area contributed by atoms with Crippen LogP contribution in [-0.2, 0) is 4.79 Å². The zero-order chi connectivity index (χ0) is 13.9. The summed E-state index contributed by atoms with van der Waals surface area (Å²) in [6, 6.07) is 11.3. The van der Waals surface area contributed by atoms with Crippen LogP contribution in [0.15, 0.2) is 36.4 Å². The van der Waals surface area contributed by atoms with Gasteiger partial charge < -0.3 is 10.2 Å². The van der Waals surface area contributed by atoms with Crippen molar-refractivity contribution in [3.8, 4) is 0 Å². The molecule has 3 rings (SSSR count). The number of hydrogen-bond donors (Lipinski definition) is 1. The highest BCUT2D eigenvalue weighted by molar-refractivity contribution is 5.97. The fraction of sp³-hybridized carbons (Fsp3) is 0.267. The third-order valence-corrected chi connectivity index (χ3v) is 3.37. The molecule has 5 heteroatoms. The van der Waals surface area contributed by atoms with E-state index in [0.29, 0.717) is 18.8 Å². The molecule has 2 heterocycles. The zero-order valence-corrected chi connectivity index (χ0v) is 11.0. The Labute approximate surface area is 116 Å². The predicted molar refractivity (Wildman–Crippen MR) is 75.3 cm³/mol. The molecular formula is C15H15N3O2. The number of nitrogens with one attached hydrogen (secondary N) is 1. The topological polar surface area (TPSA) is 62.3 Å². The van der Waals surface area contributed by atoms with E-state index in [1.807, 2.05) is 30.3 Å². The molecule has 0 saturated carbocycles. The molecule has 1 aliphatic heterocycles. The second kappa shape index (κ2) is 5.28. The largest absolute Gasteiger partial charge is 0.354 e. The summed E-state index contributed by atoms with van der Waals surface area (Å²) < 4.78 is 0. The van der Waals surface area contributed by atoms with Crippen molar-refractivity contribution in [2.45, 2.75) is 6.42 Å². The molecule has 0 atom stereocenters. The normalized spacial score (nSPS) is 15.8. The van der Waals surface area contributed by atoms with Crippen molar-refractivity contribution >= 4 is 22.7 Å². The summed E-state index contributed by atoms with van der Waals surface area (Å²) in [7, 11) is 0. The fourth-order valence-corrected chi connectivity index (χ4v) is 2.33. The summed E-state index contributed by atoms with van der Waals surface area (Å²) in [5.41, 5.74) is 1.18. The summed E-state index contributed by atoms with van der Waals surface area (Å²) in [5, 5.41) is 3.76. The summed E-state index contributed by atoms with van der Waals surface area (Å²) in [6.07, 6.45) is 0.769. The van der Waals surface area contributed by atoms with E-state index in [1.165, 1.54) is 0 Å². The van der Waals surface area contributed by atoms with Gasteiger partial charge in [-0.25, -0.2) is 4.98 Å². The summed E-state index contributed by atoms with van der Waals surface area (Å²) in [5.74, 6) is -0.301. The molecule has 1 saturated heterocycles. The number of benzene rings is 1. The lowest BCUT2D eigenvalue weighted by Crippen LogP contribution is -2.37. The van der Waals surface area contributed by atoms with Gasteiger partial charge in [0.2, 0.25) is 5.91 Å². The summed E-state index contributed by atoms with van der Waals surface area (Å²) in [6.45, 7) is 1.30. The molecule has 1 aromatic carbocycles. The van der Waals surface area contributed by atoms with Gasteiger partial charge in [0.05, 0.1) is 12.1 Å². The molecule has 0 aliphatic carbocycles. The Kier molecular flexibility index (Phi) is 3.33. The SMILES string of the molecule is O=C1CN(C(=O)c2ccc3ccccc3n2)CCCN1. The lowest BCUT2D eigenvalue weighted by molar-refractivity contribution is -0.121. The van der Waals surface area contributed by atoms with E-state index in [2.05, 4.69) is 10.3 Å².